The van der Waals surface area contributed by atoms with Gasteiger partial charge < -0.3 is 9.32 Å². The van der Waals surface area contributed by atoms with Crippen molar-refractivity contribution in [3.8, 4) is 11.6 Å². The van der Waals surface area contributed by atoms with Crippen LogP contribution in [0.4, 0.5) is 0 Å². The molecule has 4 aromatic rings. The molecule has 174 valence electrons. The third kappa shape index (κ3) is 4.74. The van der Waals surface area contributed by atoms with Crippen molar-refractivity contribution in [3.63, 3.8) is 0 Å². The molecule has 0 saturated carbocycles. The van der Waals surface area contributed by atoms with Crippen molar-refractivity contribution in [3.05, 3.63) is 80.7 Å². The first-order valence-corrected chi connectivity index (χ1v) is 12.5. The molecule has 0 spiro atoms. The summed E-state index contributed by atoms with van der Waals surface area (Å²) in [6.45, 7) is 4.69. The Morgan fingerprint density at radius 3 is 2.82 bits per heavy atom. The van der Waals surface area contributed by atoms with Gasteiger partial charge in [0.15, 0.2) is 0 Å². The van der Waals surface area contributed by atoms with Gasteiger partial charge in [-0.1, -0.05) is 48.9 Å². The van der Waals surface area contributed by atoms with Gasteiger partial charge in [-0.2, -0.15) is 0 Å². The van der Waals surface area contributed by atoms with Gasteiger partial charge in [-0.3, -0.25) is 4.79 Å². The molecule has 1 aromatic carbocycles. The summed E-state index contributed by atoms with van der Waals surface area (Å²) in [6.07, 6.45) is 2.62. The highest BCUT2D eigenvalue weighted by atomic mass is 35.5. The fourth-order valence-electron chi connectivity index (χ4n) is 4.28. The molecule has 3 aromatic heterocycles. The second-order valence-electron chi connectivity index (χ2n) is 8.58. The number of carbonyl (C=O) groups is 1. The summed E-state index contributed by atoms with van der Waals surface area (Å²) in [5, 5.41) is 11.6. The largest absolute Gasteiger partial charge is 0.419 e. The molecule has 1 aliphatic rings. The van der Waals surface area contributed by atoms with E-state index in [0.717, 1.165) is 30.0 Å². The molecule has 0 bridgehead atoms. The highest BCUT2D eigenvalue weighted by Crippen LogP contribution is 2.35. The van der Waals surface area contributed by atoms with Crippen LogP contribution in [0.15, 0.2) is 52.3 Å². The summed E-state index contributed by atoms with van der Waals surface area (Å²) in [7, 11) is 0. The number of aryl methyl sites for hydroxylation is 1. The summed E-state index contributed by atoms with van der Waals surface area (Å²) >= 11 is 7.90. The lowest BCUT2D eigenvalue weighted by atomic mass is 10.0. The number of amides is 1. The van der Waals surface area contributed by atoms with E-state index in [-0.39, 0.29) is 28.9 Å². The molecule has 1 amide bonds. The Bertz CT molecular complexity index is 1310. The van der Waals surface area contributed by atoms with Crippen molar-refractivity contribution in [2.24, 2.45) is 0 Å². The molecule has 1 aliphatic heterocycles. The van der Waals surface area contributed by atoms with E-state index in [1.54, 1.807) is 23.5 Å². The fourth-order valence-corrected chi connectivity index (χ4v) is 5.43. The molecule has 0 N–H and O–H groups in total. The average Bonchev–Trinajstić information content (AvgIpc) is 3.59. The van der Waals surface area contributed by atoms with Gasteiger partial charge in [0.05, 0.1) is 6.04 Å². The molecule has 1 unspecified atom stereocenters. The van der Waals surface area contributed by atoms with E-state index in [0.29, 0.717) is 23.7 Å². The van der Waals surface area contributed by atoms with E-state index in [2.05, 4.69) is 32.3 Å². The molecule has 7 nitrogen and oxygen atoms in total. The zero-order valence-electron chi connectivity index (χ0n) is 18.9. The SMILES string of the molecule is Cc1csc([C@H]2CCCN2C(=O)c2cc(Cl)nc(-c3nnc(C(C)Cc4ccccc4)o3)c2)n1. The van der Waals surface area contributed by atoms with Crippen LogP contribution in [0.1, 0.15) is 64.2 Å². The van der Waals surface area contributed by atoms with Gasteiger partial charge in [-0.25, -0.2) is 9.97 Å². The lowest BCUT2D eigenvalue weighted by molar-refractivity contribution is 0.0735. The third-order valence-corrected chi connectivity index (χ3v) is 7.20. The van der Waals surface area contributed by atoms with Gasteiger partial charge in [0.1, 0.15) is 15.9 Å². The Balaban J connectivity index is 1.37. The van der Waals surface area contributed by atoms with E-state index in [1.807, 2.05) is 42.3 Å². The number of halogens is 1. The van der Waals surface area contributed by atoms with Crippen LogP contribution in [0.5, 0.6) is 0 Å². The first-order chi connectivity index (χ1) is 16.5. The second kappa shape index (κ2) is 9.64. The molecule has 9 heteroatoms. The molecule has 5 rings (SSSR count). The molecule has 1 saturated heterocycles. The normalized spacial score (nSPS) is 16.7. The predicted molar refractivity (Wildman–Crippen MR) is 131 cm³/mol. The monoisotopic (exact) mass is 493 g/mol. The number of hydrogen-bond acceptors (Lipinski definition) is 7. The lowest BCUT2D eigenvalue weighted by Gasteiger charge is -2.23. The number of likely N-dealkylation sites (tertiary alicyclic amines) is 1. The third-order valence-electron chi connectivity index (χ3n) is 5.94. The van der Waals surface area contributed by atoms with Crippen LogP contribution < -0.4 is 0 Å². The summed E-state index contributed by atoms with van der Waals surface area (Å²) in [4.78, 5) is 24.3. The van der Waals surface area contributed by atoms with Gasteiger partial charge in [-0.05, 0) is 43.9 Å². The quantitative estimate of drug-likeness (QED) is 0.312. The molecule has 1 fully saturated rings. The number of pyridine rings is 1. The second-order valence-corrected chi connectivity index (χ2v) is 9.86. The van der Waals surface area contributed by atoms with E-state index >= 15 is 0 Å². The highest BCUT2D eigenvalue weighted by molar-refractivity contribution is 7.09. The summed E-state index contributed by atoms with van der Waals surface area (Å²) in [5.74, 6) is 0.710. The number of benzene rings is 1. The maximum Gasteiger partial charge on any atom is 0.266 e. The van der Waals surface area contributed by atoms with Gasteiger partial charge in [0, 0.05) is 29.1 Å². The first kappa shape index (κ1) is 22.7. The minimum atomic E-state index is -0.0990. The number of rotatable bonds is 6. The lowest BCUT2D eigenvalue weighted by Crippen LogP contribution is -2.30. The fraction of sp³-hybridized carbons (Fsp3) is 0.320. The van der Waals surface area contributed by atoms with E-state index in [1.165, 1.54) is 5.56 Å². The standard InChI is InChI=1S/C25H24ClN5O2S/c1-15(11-17-7-4-3-5-8-17)22-29-30-23(33-22)19-12-18(13-21(26)28-19)25(32)31-10-6-9-20(31)24-27-16(2)14-34-24/h3-5,7-8,12-15,20H,6,9-11H2,1-2H3/t15?,20-/m1/s1. The Morgan fingerprint density at radius 2 is 2.06 bits per heavy atom. The Morgan fingerprint density at radius 1 is 1.24 bits per heavy atom. The molecular weight excluding hydrogens is 470 g/mol. The topological polar surface area (TPSA) is 85.0 Å². The van der Waals surface area contributed by atoms with Crippen LogP contribution in [-0.4, -0.2) is 37.5 Å². The van der Waals surface area contributed by atoms with Crippen molar-refractivity contribution in [2.45, 2.75) is 45.1 Å². The van der Waals surface area contributed by atoms with Crippen LogP contribution in [0.3, 0.4) is 0 Å². The van der Waals surface area contributed by atoms with Crippen molar-refractivity contribution < 1.29 is 9.21 Å². The van der Waals surface area contributed by atoms with Crippen LogP contribution >= 0.6 is 22.9 Å². The van der Waals surface area contributed by atoms with Crippen molar-refractivity contribution in [1.82, 2.24) is 25.1 Å². The van der Waals surface area contributed by atoms with Crippen LogP contribution in [0.25, 0.3) is 11.6 Å². The Kier molecular flexibility index (Phi) is 6.43. The van der Waals surface area contributed by atoms with Crippen LogP contribution in [0.2, 0.25) is 5.15 Å². The maximum absolute atomic E-state index is 13.4. The molecular formula is C25H24ClN5O2S. The number of hydrogen-bond donors (Lipinski definition) is 0. The summed E-state index contributed by atoms with van der Waals surface area (Å²) in [5.41, 5.74) is 3.01. The Hall–Kier alpha value is -3.10. The number of thiazole rings is 1. The average molecular weight is 494 g/mol. The first-order valence-electron chi connectivity index (χ1n) is 11.3. The predicted octanol–water partition coefficient (Wildman–Crippen LogP) is 5.87. The number of nitrogens with zero attached hydrogens (tertiary/aromatic N) is 5. The summed E-state index contributed by atoms with van der Waals surface area (Å²) in [6, 6.07) is 13.4. The van der Waals surface area contributed by atoms with E-state index < -0.39 is 0 Å². The van der Waals surface area contributed by atoms with Crippen molar-refractivity contribution >= 4 is 28.8 Å². The van der Waals surface area contributed by atoms with E-state index in [4.69, 9.17) is 16.0 Å². The van der Waals surface area contributed by atoms with Gasteiger partial charge in [0.25, 0.3) is 11.8 Å². The molecule has 0 radical (unpaired) electrons. The Labute approximate surface area is 206 Å². The van der Waals surface area contributed by atoms with Crippen molar-refractivity contribution in [2.75, 3.05) is 6.54 Å². The van der Waals surface area contributed by atoms with Gasteiger partial charge in [-0.15, -0.1) is 21.5 Å². The number of aromatic nitrogens is 4. The minimum absolute atomic E-state index is 0.0181. The smallest absolute Gasteiger partial charge is 0.266 e. The zero-order valence-corrected chi connectivity index (χ0v) is 20.5. The minimum Gasteiger partial charge on any atom is -0.419 e. The molecule has 0 aliphatic carbocycles. The van der Waals surface area contributed by atoms with Gasteiger partial charge >= 0.3 is 0 Å². The molecule has 2 atom stereocenters. The van der Waals surface area contributed by atoms with E-state index in [9.17, 15) is 4.79 Å². The van der Waals surface area contributed by atoms with Crippen LogP contribution in [0, 0.1) is 6.92 Å². The van der Waals surface area contributed by atoms with Crippen molar-refractivity contribution in [1.29, 1.82) is 0 Å². The maximum atomic E-state index is 13.4. The number of carbonyl (C=O) groups excluding carboxylic acids is 1. The molecule has 4 heterocycles. The van der Waals surface area contributed by atoms with Crippen LogP contribution in [-0.2, 0) is 6.42 Å². The molecule has 34 heavy (non-hydrogen) atoms. The zero-order chi connectivity index (χ0) is 23.7. The summed E-state index contributed by atoms with van der Waals surface area (Å²) < 4.78 is 5.94. The highest BCUT2D eigenvalue weighted by Gasteiger charge is 2.33. The van der Waals surface area contributed by atoms with Gasteiger partial charge in [0.2, 0.25) is 5.89 Å².